The Bertz CT molecular complexity index is 1460. The van der Waals surface area contributed by atoms with Crippen LogP contribution in [0.15, 0.2) is 79.9 Å². The van der Waals surface area contributed by atoms with Gasteiger partial charge in [0, 0.05) is 56.4 Å². The highest BCUT2D eigenvalue weighted by molar-refractivity contribution is 6.07. The summed E-state index contributed by atoms with van der Waals surface area (Å²) < 4.78 is 7.07. The molecule has 0 saturated carbocycles. The molecule has 2 aromatic rings. The summed E-state index contributed by atoms with van der Waals surface area (Å²) in [6.07, 6.45) is 7.00. The zero-order chi connectivity index (χ0) is 34.5. The maximum Gasteiger partial charge on any atom is 0.253 e. The number of amides is 3. The summed E-state index contributed by atoms with van der Waals surface area (Å²) in [5.74, 6) is -2.14. The molecule has 3 fully saturated rings. The molecule has 3 heterocycles. The van der Waals surface area contributed by atoms with Gasteiger partial charge in [-0.05, 0) is 88.8 Å². The first-order valence-corrected chi connectivity index (χ1v) is 17.6. The van der Waals surface area contributed by atoms with E-state index in [2.05, 4.69) is 31.9 Å². The summed E-state index contributed by atoms with van der Waals surface area (Å²) in [4.78, 5) is 51.8. The highest BCUT2D eigenvalue weighted by atomic mass is 16.5. The normalized spacial score (nSPS) is 25.5. The van der Waals surface area contributed by atoms with Crippen LogP contribution in [0.2, 0.25) is 0 Å². The Labute approximate surface area is 285 Å². The number of benzene rings is 2. The topological polar surface area (TPSA) is 93.6 Å². The van der Waals surface area contributed by atoms with E-state index in [1.807, 2.05) is 61.5 Å². The molecule has 1 N–H and O–H groups in total. The smallest absolute Gasteiger partial charge is 0.253 e. The molecular weight excluding hydrogens is 604 g/mol. The van der Waals surface area contributed by atoms with Crippen molar-refractivity contribution in [1.29, 1.82) is 0 Å². The molecule has 3 aliphatic rings. The van der Waals surface area contributed by atoms with E-state index in [0.29, 0.717) is 45.1 Å². The number of unbranched alkanes of at least 4 members (excludes halogenated alkanes) is 2. The third-order valence-electron chi connectivity index (χ3n) is 10.8. The van der Waals surface area contributed by atoms with Gasteiger partial charge in [0.2, 0.25) is 11.8 Å². The number of carbonyl (C=O) groups is 3. The summed E-state index contributed by atoms with van der Waals surface area (Å²) in [7, 11) is 0. The number of fused-ring (bicyclic) bond motifs is 1. The van der Waals surface area contributed by atoms with E-state index in [1.165, 1.54) is 0 Å². The van der Waals surface area contributed by atoms with Gasteiger partial charge in [-0.3, -0.25) is 14.4 Å². The highest BCUT2D eigenvalue weighted by Gasteiger charge is 2.79. The van der Waals surface area contributed by atoms with Gasteiger partial charge in [0.1, 0.15) is 11.6 Å². The fraction of sp³-hybridized carbons (Fsp3) is 0.513. The molecule has 2 aromatic carbocycles. The SMILES string of the molecule is C=CCN(C(=O)C1N(CCCCCO)C(=O)[C@@H]2[C@@H](C(=O)N(CC=C)c3ccccc3)[C@@]3(CC)CCC12O3)c1ccc(N(CC)CC)cc1. The molecule has 3 saturated heterocycles. The van der Waals surface area contributed by atoms with Gasteiger partial charge in [-0.2, -0.15) is 0 Å². The van der Waals surface area contributed by atoms with Gasteiger partial charge in [-0.25, -0.2) is 0 Å². The van der Waals surface area contributed by atoms with E-state index in [4.69, 9.17) is 4.74 Å². The Morgan fingerprint density at radius 2 is 1.48 bits per heavy atom. The maximum atomic E-state index is 15.0. The zero-order valence-corrected chi connectivity index (χ0v) is 28.9. The Morgan fingerprint density at radius 1 is 0.875 bits per heavy atom. The lowest BCUT2D eigenvalue weighted by Crippen LogP contribution is -2.56. The van der Waals surface area contributed by atoms with Gasteiger partial charge in [-0.1, -0.05) is 37.3 Å². The van der Waals surface area contributed by atoms with E-state index >= 15 is 4.79 Å². The van der Waals surface area contributed by atoms with Gasteiger partial charge < -0.3 is 29.4 Å². The van der Waals surface area contributed by atoms with Crippen LogP contribution < -0.4 is 14.7 Å². The van der Waals surface area contributed by atoms with Crippen LogP contribution in [0, 0.1) is 11.8 Å². The van der Waals surface area contributed by atoms with Crippen LogP contribution in [0.3, 0.4) is 0 Å². The van der Waals surface area contributed by atoms with Gasteiger partial charge >= 0.3 is 0 Å². The number of para-hydroxylation sites is 1. The number of anilines is 3. The number of hydrogen-bond acceptors (Lipinski definition) is 6. The second kappa shape index (κ2) is 15.1. The number of rotatable bonds is 17. The minimum absolute atomic E-state index is 0.0663. The molecule has 48 heavy (non-hydrogen) atoms. The predicted molar refractivity (Wildman–Crippen MR) is 191 cm³/mol. The average molecular weight is 657 g/mol. The first-order chi connectivity index (χ1) is 23.3. The monoisotopic (exact) mass is 656 g/mol. The molecule has 1 spiro atoms. The fourth-order valence-electron chi connectivity index (χ4n) is 8.44. The van der Waals surface area contributed by atoms with Crippen molar-refractivity contribution in [2.24, 2.45) is 11.8 Å². The van der Waals surface area contributed by atoms with Crippen molar-refractivity contribution in [3.05, 3.63) is 79.9 Å². The predicted octanol–water partition coefficient (Wildman–Crippen LogP) is 5.59. The van der Waals surface area contributed by atoms with E-state index in [0.717, 1.165) is 30.2 Å². The van der Waals surface area contributed by atoms with E-state index < -0.39 is 29.1 Å². The van der Waals surface area contributed by atoms with Crippen LogP contribution in [0.25, 0.3) is 0 Å². The van der Waals surface area contributed by atoms with Crippen LogP contribution in [0.1, 0.15) is 59.3 Å². The van der Waals surface area contributed by atoms with Crippen molar-refractivity contribution in [2.75, 3.05) is 54.0 Å². The number of nitrogens with zero attached hydrogens (tertiary/aromatic N) is 4. The average Bonchev–Trinajstić information content (AvgIpc) is 3.72. The third kappa shape index (κ3) is 6.07. The standard InChI is InChI=1S/C39H52N4O5/c1-6-25-41(30-17-13-11-14-18-30)35(45)32-33-36(46)43(27-15-12-16-28-44)34(39(33)24-23-38(32,8-3)48-39)37(47)42(26-7-2)31-21-19-29(20-22-31)40(9-4)10-5/h6-7,11,13-14,17-22,32-34,44H,1-2,8-10,12,15-16,23-28H2,3-5H3/t32-,33-,34?,38+,39?/m0/s1. The van der Waals surface area contributed by atoms with Crippen LogP contribution in [-0.4, -0.2) is 84.3 Å². The second-order valence-electron chi connectivity index (χ2n) is 13.1. The highest BCUT2D eigenvalue weighted by Crippen LogP contribution is 2.65. The molecular formula is C39H52N4O5. The van der Waals surface area contributed by atoms with Gasteiger partial charge in [0.25, 0.3) is 5.91 Å². The maximum absolute atomic E-state index is 15.0. The summed E-state index contributed by atoms with van der Waals surface area (Å²) in [6.45, 7) is 16.8. The fourth-order valence-corrected chi connectivity index (χ4v) is 8.44. The van der Waals surface area contributed by atoms with Gasteiger partial charge in [-0.15, -0.1) is 13.2 Å². The van der Waals surface area contributed by atoms with Gasteiger partial charge in [0.15, 0.2) is 0 Å². The van der Waals surface area contributed by atoms with E-state index in [9.17, 15) is 14.7 Å². The van der Waals surface area contributed by atoms with Gasteiger partial charge in [0.05, 0.1) is 17.4 Å². The zero-order valence-electron chi connectivity index (χ0n) is 28.9. The molecule has 2 unspecified atom stereocenters. The van der Waals surface area contributed by atoms with Crippen molar-refractivity contribution < 1.29 is 24.2 Å². The molecule has 3 aliphatic heterocycles. The number of ether oxygens (including phenoxy) is 1. The van der Waals surface area contributed by atoms with Crippen LogP contribution >= 0.6 is 0 Å². The molecule has 9 nitrogen and oxygen atoms in total. The van der Waals surface area contributed by atoms with Crippen LogP contribution in [0.5, 0.6) is 0 Å². The Kier molecular flexibility index (Phi) is 11.1. The number of aliphatic hydroxyl groups is 1. The molecule has 0 radical (unpaired) electrons. The molecule has 3 amide bonds. The van der Waals surface area contributed by atoms with Crippen LogP contribution in [-0.2, 0) is 19.1 Å². The lowest BCUT2D eigenvalue weighted by molar-refractivity contribution is -0.146. The van der Waals surface area contributed by atoms with Crippen molar-refractivity contribution in [3.8, 4) is 0 Å². The summed E-state index contributed by atoms with van der Waals surface area (Å²) in [5, 5.41) is 9.43. The van der Waals surface area contributed by atoms with E-state index in [1.54, 1.807) is 26.9 Å². The quantitative estimate of drug-likeness (QED) is 0.176. The lowest BCUT2D eigenvalue weighted by atomic mass is 9.64. The second-order valence-corrected chi connectivity index (χ2v) is 13.1. The van der Waals surface area contributed by atoms with Crippen molar-refractivity contribution >= 4 is 34.8 Å². The molecule has 258 valence electrons. The Balaban J connectivity index is 1.57. The number of carbonyl (C=O) groups excluding carboxylic acids is 3. The minimum Gasteiger partial charge on any atom is -0.396 e. The summed E-state index contributed by atoms with van der Waals surface area (Å²) in [6, 6.07) is 16.5. The number of aliphatic hydroxyl groups excluding tert-OH is 1. The molecule has 5 atom stereocenters. The Hall–Kier alpha value is -3.95. The van der Waals surface area contributed by atoms with Crippen LogP contribution in [0.4, 0.5) is 17.1 Å². The summed E-state index contributed by atoms with van der Waals surface area (Å²) in [5.41, 5.74) is 0.520. The summed E-state index contributed by atoms with van der Waals surface area (Å²) >= 11 is 0. The first-order valence-electron chi connectivity index (χ1n) is 17.6. The first kappa shape index (κ1) is 35.4. The van der Waals surface area contributed by atoms with Crippen molar-refractivity contribution in [3.63, 3.8) is 0 Å². The van der Waals surface area contributed by atoms with Crippen molar-refractivity contribution in [2.45, 2.75) is 76.5 Å². The number of hydrogen-bond donors (Lipinski definition) is 1. The molecule has 2 bridgehead atoms. The Morgan fingerprint density at radius 3 is 2.06 bits per heavy atom. The molecule has 5 rings (SSSR count). The molecule has 0 aromatic heterocycles. The molecule has 9 heteroatoms. The minimum atomic E-state index is -1.14. The lowest BCUT2D eigenvalue weighted by Gasteiger charge is -2.37. The number of likely N-dealkylation sites (tertiary alicyclic amines) is 1. The van der Waals surface area contributed by atoms with E-state index in [-0.39, 0.29) is 37.4 Å². The third-order valence-corrected chi connectivity index (χ3v) is 10.8. The largest absolute Gasteiger partial charge is 0.396 e. The molecule has 0 aliphatic carbocycles. The van der Waals surface area contributed by atoms with Crippen molar-refractivity contribution in [1.82, 2.24) is 4.90 Å².